The molecule has 0 heterocycles. The van der Waals surface area contributed by atoms with Gasteiger partial charge in [-0.1, -0.05) is 48.6 Å². The van der Waals surface area contributed by atoms with Gasteiger partial charge in [0.1, 0.15) is 0 Å². The Balaban J connectivity index is -0.000000195. The zero-order chi connectivity index (χ0) is 10.5. The van der Waals surface area contributed by atoms with Gasteiger partial charge in [0.25, 0.3) is 0 Å². The Bertz CT molecular complexity index is 163. The summed E-state index contributed by atoms with van der Waals surface area (Å²) in [6.07, 6.45) is 16.0. The second-order valence-electron chi connectivity index (χ2n) is 2.53. The van der Waals surface area contributed by atoms with E-state index in [4.69, 9.17) is 0 Å². The van der Waals surface area contributed by atoms with Gasteiger partial charge < -0.3 is 21.9 Å². The molecule has 89 valence electrons. The van der Waals surface area contributed by atoms with Gasteiger partial charge in [-0.25, -0.2) is 0 Å². The molecule has 0 aromatic heterocycles. The summed E-state index contributed by atoms with van der Waals surface area (Å²) in [5.41, 5.74) is 0. The molecule has 16 heavy (non-hydrogen) atoms. The summed E-state index contributed by atoms with van der Waals surface area (Å²) in [6.45, 7) is 1.38. The predicted octanol–water partition coefficient (Wildman–Crippen LogP) is -0.494. The zero-order valence-corrected chi connectivity index (χ0v) is 12.4. The van der Waals surface area contributed by atoms with Crippen LogP contribution in [0.3, 0.4) is 0 Å². The maximum absolute atomic E-state index is 4.66. The van der Waals surface area contributed by atoms with E-state index in [1.54, 1.807) is 14.2 Å². The number of hydrogen-bond donors (Lipinski definition) is 0. The van der Waals surface area contributed by atoms with Gasteiger partial charge in [0, 0.05) is 40.1 Å². The number of ether oxygens (including phenoxy) is 2. The Morgan fingerprint density at radius 3 is 0.938 bits per heavy atom. The number of methoxy groups -OCH3 is 2. The largest absolute Gasteiger partial charge is 1.00 e. The van der Waals surface area contributed by atoms with Crippen LogP contribution in [0.4, 0.5) is 0 Å². The minimum absolute atomic E-state index is 0. The van der Waals surface area contributed by atoms with E-state index < -0.39 is 0 Å². The summed E-state index contributed by atoms with van der Waals surface area (Å²) in [4.78, 5) is 0. The first kappa shape index (κ1) is 21.3. The zero-order valence-electron chi connectivity index (χ0n) is 9.80. The van der Waals surface area contributed by atoms with Crippen molar-refractivity contribution in [3.05, 3.63) is 48.6 Å². The summed E-state index contributed by atoms with van der Waals surface area (Å²) >= 11 is 0. The predicted molar refractivity (Wildman–Crippen MR) is 60.3 cm³/mol. The Hall–Kier alpha value is 0.0401. The quantitative estimate of drug-likeness (QED) is 0.647. The van der Waals surface area contributed by atoms with E-state index in [1.807, 2.05) is 48.6 Å². The second kappa shape index (κ2) is 20.5. The van der Waals surface area contributed by atoms with E-state index >= 15 is 0 Å². The molecule has 0 aromatic rings. The minimum atomic E-state index is 0. The van der Waals surface area contributed by atoms with Crippen molar-refractivity contribution in [2.24, 2.45) is 0 Å². The molecule has 1 radical (unpaired) electrons. The number of rotatable bonds is 3. The van der Waals surface area contributed by atoms with E-state index in [1.165, 1.54) is 0 Å². The van der Waals surface area contributed by atoms with Crippen LogP contribution in [0.5, 0.6) is 0 Å². The van der Waals surface area contributed by atoms with E-state index in [9.17, 15) is 0 Å². The van der Waals surface area contributed by atoms with Gasteiger partial charge >= 0.3 is 0 Å². The van der Waals surface area contributed by atoms with Gasteiger partial charge in [0.2, 0.25) is 0 Å². The molecule has 0 saturated carbocycles. The van der Waals surface area contributed by atoms with Crippen molar-refractivity contribution in [2.45, 2.75) is 0 Å². The van der Waals surface area contributed by atoms with Gasteiger partial charge in [-0.2, -0.15) is 0 Å². The Kier molecular flexibility index (Phi) is 27.3. The molecule has 1 aliphatic rings. The smallest absolute Gasteiger partial charge is 0.0696 e. The Morgan fingerprint density at radius 2 is 0.812 bits per heavy atom. The molecule has 0 aliphatic heterocycles. The molecule has 0 spiro atoms. The van der Waals surface area contributed by atoms with Gasteiger partial charge in [-0.3, -0.25) is 0 Å². The van der Waals surface area contributed by atoms with Crippen molar-refractivity contribution in [3.63, 3.8) is 0 Å². The summed E-state index contributed by atoms with van der Waals surface area (Å²) < 4.78 is 9.31. The molecule has 0 aromatic carbocycles. The van der Waals surface area contributed by atoms with Crippen LogP contribution in [0.25, 0.3) is 0 Å². The summed E-state index contributed by atoms with van der Waals surface area (Å²) in [6, 6.07) is 0. The molecule has 1 rings (SSSR count). The Labute approximate surface area is 123 Å². The fourth-order valence-electron chi connectivity index (χ4n) is 0.680. The van der Waals surface area contributed by atoms with Crippen molar-refractivity contribution in [1.29, 1.82) is 0 Å². The molecule has 4 heteroatoms. The first-order valence-electron chi connectivity index (χ1n) is 4.56. The van der Waals surface area contributed by atoms with Crippen LogP contribution in [0.2, 0.25) is 0 Å². The molecular formula is C12H18ClO2Sc-. The second-order valence-corrected chi connectivity index (χ2v) is 2.53. The van der Waals surface area contributed by atoms with Crippen LogP contribution >= 0.6 is 0 Å². The molecule has 0 atom stereocenters. The monoisotopic (exact) mass is 274 g/mol. The van der Waals surface area contributed by atoms with Crippen molar-refractivity contribution in [2.75, 3.05) is 27.4 Å². The third-order valence-corrected chi connectivity index (χ3v) is 1.38. The Morgan fingerprint density at radius 1 is 0.625 bits per heavy atom. The van der Waals surface area contributed by atoms with Crippen LogP contribution < -0.4 is 12.4 Å². The van der Waals surface area contributed by atoms with Crippen LogP contribution in [-0.4, -0.2) is 27.4 Å². The van der Waals surface area contributed by atoms with Gasteiger partial charge in [0.05, 0.1) is 13.2 Å². The van der Waals surface area contributed by atoms with Gasteiger partial charge in [0.15, 0.2) is 0 Å². The fraction of sp³-hybridized carbons (Fsp3) is 0.333. The minimum Gasteiger partial charge on any atom is -1.00 e. The maximum atomic E-state index is 4.66. The topological polar surface area (TPSA) is 18.5 Å². The number of halogens is 1. The molecule has 0 bridgehead atoms. The van der Waals surface area contributed by atoms with Gasteiger partial charge in [-0.15, -0.1) is 0 Å². The molecule has 0 saturated heterocycles. The van der Waals surface area contributed by atoms with Crippen molar-refractivity contribution < 1.29 is 47.7 Å². The van der Waals surface area contributed by atoms with Crippen LogP contribution in [0.15, 0.2) is 48.6 Å². The van der Waals surface area contributed by atoms with E-state index in [-0.39, 0.29) is 38.3 Å². The number of hydrogen-bond acceptors (Lipinski definition) is 2. The molecule has 1 aliphatic carbocycles. The van der Waals surface area contributed by atoms with Crippen molar-refractivity contribution in [3.8, 4) is 0 Å². The summed E-state index contributed by atoms with van der Waals surface area (Å²) in [5, 5.41) is 0. The SMILES string of the molecule is C1=C\C=C/C=C\C=C/1.COCCOC.[Cl-].[Sc]. The maximum Gasteiger partial charge on any atom is 0.0696 e. The van der Waals surface area contributed by atoms with Crippen LogP contribution in [-0.2, 0) is 35.3 Å². The molecule has 0 fully saturated rings. The molecule has 2 nitrogen and oxygen atoms in total. The fourth-order valence-corrected chi connectivity index (χ4v) is 0.680. The number of allylic oxidation sites excluding steroid dienone is 8. The molecule has 0 amide bonds. The average Bonchev–Trinajstić information content (AvgIpc) is 2.14. The molecule has 0 unspecified atom stereocenters. The molecule has 0 N–H and O–H groups in total. The summed E-state index contributed by atoms with van der Waals surface area (Å²) in [5.74, 6) is 0. The third kappa shape index (κ3) is 19.6. The third-order valence-electron chi connectivity index (χ3n) is 1.38. The van der Waals surface area contributed by atoms with Crippen LogP contribution in [0.1, 0.15) is 0 Å². The average molecular weight is 275 g/mol. The summed E-state index contributed by atoms with van der Waals surface area (Å²) in [7, 11) is 3.30. The first-order chi connectivity index (χ1) is 6.91. The normalized spacial score (nSPS) is 19.4. The van der Waals surface area contributed by atoms with Crippen molar-refractivity contribution >= 4 is 0 Å². The standard InChI is InChI=1S/C8H8.C4H10O2.ClH.Sc/c1-2-4-6-8-7-5-3-1;1-5-3-4-6-2;;/h1-8H;3-4H2,1-2H3;1H;/p-1/b2-1-,3-1?,4-2?,5-3-,6-4-,7-5?,8-6?,8-7-;;;. The first-order valence-corrected chi connectivity index (χ1v) is 4.56. The van der Waals surface area contributed by atoms with Crippen LogP contribution in [0, 0.1) is 0 Å². The van der Waals surface area contributed by atoms with Crippen molar-refractivity contribution in [1.82, 2.24) is 0 Å². The van der Waals surface area contributed by atoms with E-state index in [0.29, 0.717) is 13.2 Å². The van der Waals surface area contributed by atoms with E-state index in [2.05, 4.69) is 9.47 Å². The molecular weight excluding hydrogens is 257 g/mol. The van der Waals surface area contributed by atoms with E-state index in [0.717, 1.165) is 0 Å². The van der Waals surface area contributed by atoms with Gasteiger partial charge in [-0.05, 0) is 0 Å².